The third-order valence-electron chi connectivity index (χ3n) is 3.13. The Bertz CT molecular complexity index is 901. The van der Waals surface area contributed by atoms with Gasteiger partial charge in [-0.1, -0.05) is 41.9 Å². The van der Waals surface area contributed by atoms with Gasteiger partial charge in [0.15, 0.2) is 5.82 Å². The van der Waals surface area contributed by atoms with E-state index in [9.17, 15) is 0 Å². The predicted octanol–water partition coefficient (Wildman–Crippen LogP) is 5.14. The number of thiophene rings is 1. The van der Waals surface area contributed by atoms with E-state index in [4.69, 9.17) is 11.6 Å². The maximum absolute atomic E-state index is 6.42. The molecule has 102 valence electrons. The average molecular weight is 330 g/mol. The van der Waals surface area contributed by atoms with Gasteiger partial charge in [-0.05, 0) is 5.56 Å². The number of aromatic nitrogens is 3. The van der Waals surface area contributed by atoms with Crippen LogP contribution in [-0.4, -0.2) is 15.0 Å². The first-order valence-electron chi connectivity index (χ1n) is 6.22. The number of hydrogen-bond donors (Lipinski definition) is 0. The van der Waals surface area contributed by atoms with E-state index in [1.165, 1.54) is 11.3 Å². The number of nitrogens with zero attached hydrogens (tertiary/aromatic N) is 3. The lowest BCUT2D eigenvalue weighted by molar-refractivity contribution is 1.24. The van der Waals surface area contributed by atoms with E-state index >= 15 is 0 Å². The van der Waals surface area contributed by atoms with Crippen LogP contribution >= 0.6 is 34.3 Å². The van der Waals surface area contributed by atoms with Crippen molar-refractivity contribution in [2.45, 2.75) is 0 Å². The maximum Gasteiger partial charge on any atom is 0.174 e. The van der Waals surface area contributed by atoms with Gasteiger partial charge < -0.3 is 0 Å². The van der Waals surface area contributed by atoms with Crippen molar-refractivity contribution in [2.24, 2.45) is 0 Å². The molecule has 4 rings (SSSR count). The Labute approximate surface area is 133 Å². The van der Waals surface area contributed by atoms with E-state index in [-0.39, 0.29) is 0 Å². The Balaban J connectivity index is 1.94. The number of benzene rings is 1. The number of rotatable bonds is 2. The minimum atomic E-state index is 0.489. The number of halogens is 1. The highest BCUT2D eigenvalue weighted by molar-refractivity contribution is 7.17. The molecule has 4 aromatic rings. The molecule has 0 aliphatic carbocycles. The smallest absolute Gasteiger partial charge is 0.174 e. The molecule has 21 heavy (non-hydrogen) atoms. The molecule has 0 bridgehead atoms. The summed E-state index contributed by atoms with van der Waals surface area (Å²) in [7, 11) is 0. The molecule has 0 atom stereocenters. The van der Waals surface area contributed by atoms with Crippen LogP contribution in [0.5, 0.6) is 0 Å². The monoisotopic (exact) mass is 329 g/mol. The van der Waals surface area contributed by atoms with Gasteiger partial charge in [0, 0.05) is 17.1 Å². The van der Waals surface area contributed by atoms with Crippen molar-refractivity contribution in [3.05, 3.63) is 52.6 Å². The largest absolute Gasteiger partial charge is 0.252 e. The molecule has 3 aromatic heterocycles. The van der Waals surface area contributed by atoms with Gasteiger partial charge in [0.1, 0.15) is 9.98 Å². The number of thiazole rings is 1. The first-order chi connectivity index (χ1) is 10.3. The molecule has 6 heteroatoms. The molecule has 3 nitrogen and oxygen atoms in total. The van der Waals surface area contributed by atoms with E-state index in [1.807, 2.05) is 18.2 Å². The minimum Gasteiger partial charge on any atom is -0.252 e. The summed E-state index contributed by atoms with van der Waals surface area (Å²) in [5, 5.41) is 3.49. The molecule has 0 saturated heterocycles. The predicted molar refractivity (Wildman–Crippen MR) is 89.0 cm³/mol. The molecule has 0 radical (unpaired) electrons. The Kier molecular flexibility index (Phi) is 3.18. The molecule has 1 aromatic carbocycles. The van der Waals surface area contributed by atoms with Crippen LogP contribution in [0.1, 0.15) is 0 Å². The molecule has 0 unspecified atom stereocenters. The highest BCUT2D eigenvalue weighted by atomic mass is 35.5. The van der Waals surface area contributed by atoms with Crippen LogP contribution in [0.2, 0.25) is 5.15 Å². The van der Waals surface area contributed by atoms with Crippen molar-refractivity contribution in [3.63, 3.8) is 0 Å². The summed E-state index contributed by atoms with van der Waals surface area (Å²) in [5.74, 6) is 0.636. The molecule has 0 spiro atoms. The summed E-state index contributed by atoms with van der Waals surface area (Å²) in [6.45, 7) is 0. The molecule has 0 amide bonds. The second-order valence-corrected chi connectivity index (χ2v) is 6.50. The van der Waals surface area contributed by atoms with E-state index in [0.29, 0.717) is 11.0 Å². The highest BCUT2D eigenvalue weighted by Crippen LogP contribution is 2.37. The van der Waals surface area contributed by atoms with Crippen LogP contribution < -0.4 is 0 Å². The Morgan fingerprint density at radius 1 is 1.00 bits per heavy atom. The van der Waals surface area contributed by atoms with Gasteiger partial charge in [-0.25, -0.2) is 9.97 Å². The third kappa shape index (κ3) is 2.23. The molecule has 0 fully saturated rings. The summed E-state index contributed by atoms with van der Waals surface area (Å²) >= 11 is 9.50. The summed E-state index contributed by atoms with van der Waals surface area (Å²) in [4.78, 5) is 14.9. The first kappa shape index (κ1) is 12.9. The zero-order valence-corrected chi connectivity index (χ0v) is 13.0. The van der Waals surface area contributed by atoms with Crippen LogP contribution in [0.4, 0.5) is 0 Å². The van der Waals surface area contributed by atoms with Crippen LogP contribution in [0, 0.1) is 0 Å². The van der Waals surface area contributed by atoms with Gasteiger partial charge in [-0.15, -0.1) is 22.7 Å². The summed E-state index contributed by atoms with van der Waals surface area (Å²) < 4.78 is 0. The van der Waals surface area contributed by atoms with Crippen molar-refractivity contribution in [3.8, 4) is 21.8 Å². The zero-order valence-electron chi connectivity index (χ0n) is 10.7. The fraction of sp³-hybridized carbons (Fsp3) is 0. The number of hydrogen-bond acceptors (Lipinski definition) is 5. The lowest BCUT2D eigenvalue weighted by atomic mass is 10.1. The summed E-state index contributed by atoms with van der Waals surface area (Å²) in [6, 6.07) is 10.2. The highest BCUT2D eigenvalue weighted by Gasteiger charge is 2.15. The Hall–Kier alpha value is -1.82. The van der Waals surface area contributed by atoms with Crippen molar-refractivity contribution >= 4 is 44.5 Å². The zero-order chi connectivity index (χ0) is 14.2. The van der Waals surface area contributed by atoms with Crippen LogP contribution in [0.25, 0.3) is 32.0 Å². The van der Waals surface area contributed by atoms with E-state index < -0.39 is 0 Å². The van der Waals surface area contributed by atoms with Crippen molar-refractivity contribution < 1.29 is 0 Å². The number of fused-ring (bicyclic) bond motifs is 1. The summed E-state index contributed by atoms with van der Waals surface area (Å²) in [5.41, 5.74) is 3.97. The van der Waals surface area contributed by atoms with Crippen molar-refractivity contribution in [2.75, 3.05) is 0 Å². The molecule has 0 N–H and O–H groups in total. The van der Waals surface area contributed by atoms with E-state index in [0.717, 1.165) is 26.2 Å². The molecule has 3 heterocycles. The first-order valence-corrected chi connectivity index (χ1v) is 8.35. The lowest BCUT2D eigenvalue weighted by Crippen LogP contribution is -1.88. The SMILES string of the molecule is Clc1nc(-c2cncs2)nc2scc(-c3ccccc3)c12. The van der Waals surface area contributed by atoms with Gasteiger partial charge in [-0.3, -0.25) is 4.98 Å². The fourth-order valence-corrected chi connectivity index (χ4v) is 3.99. The molecular formula is C15H8ClN3S2. The van der Waals surface area contributed by atoms with Crippen molar-refractivity contribution in [1.29, 1.82) is 0 Å². The van der Waals surface area contributed by atoms with Crippen LogP contribution in [0.15, 0.2) is 47.4 Å². The van der Waals surface area contributed by atoms with Gasteiger partial charge in [0.25, 0.3) is 0 Å². The quantitative estimate of drug-likeness (QED) is 0.478. The van der Waals surface area contributed by atoms with E-state index in [2.05, 4.69) is 32.5 Å². The standard InChI is InChI=1S/C15H8ClN3S2/c16-13-12-10(9-4-2-1-3-5-9)7-20-15(12)19-14(18-13)11-6-17-8-21-11/h1-8H. The third-order valence-corrected chi connectivity index (χ3v) is 5.04. The average Bonchev–Trinajstić information content (AvgIpc) is 3.17. The van der Waals surface area contributed by atoms with Gasteiger partial charge in [-0.2, -0.15) is 0 Å². The van der Waals surface area contributed by atoms with Gasteiger partial charge >= 0.3 is 0 Å². The molecule has 0 aliphatic heterocycles. The fourth-order valence-electron chi connectivity index (χ4n) is 2.17. The topological polar surface area (TPSA) is 38.7 Å². The Morgan fingerprint density at radius 2 is 1.86 bits per heavy atom. The second-order valence-electron chi connectivity index (χ2n) is 4.40. The molecular weight excluding hydrogens is 322 g/mol. The second kappa shape index (κ2) is 5.18. The maximum atomic E-state index is 6.42. The normalized spacial score (nSPS) is 11.1. The van der Waals surface area contributed by atoms with Gasteiger partial charge in [0.2, 0.25) is 0 Å². The molecule has 0 aliphatic rings. The van der Waals surface area contributed by atoms with Crippen LogP contribution in [-0.2, 0) is 0 Å². The van der Waals surface area contributed by atoms with Gasteiger partial charge in [0.05, 0.1) is 15.8 Å². The minimum absolute atomic E-state index is 0.489. The lowest BCUT2D eigenvalue weighted by Gasteiger charge is -2.02. The van der Waals surface area contributed by atoms with E-state index in [1.54, 1.807) is 23.0 Å². The summed E-state index contributed by atoms with van der Waals surface area (Å²) in [6.07, 6.45) is 1.76. The Morgan fingerprint density at radius 3 is 2.62 bits per heavy atom. The molecule has 0 saturated carbocycles. The van der Waals surface area contributed by atoms with Crippen LogP contribution in [0.3, 0.4) is 0 Å². The van der Waals surface area contributed by atoms with Crippen molar-refractivity contribution in [1.82, 2.24) is 15.0 Å².